The molecule has 0 saturated carbocycles. The third kappa shape index (κ3) is 2.71. The summed E-state index contributed by atoms with van der Waals surface area (Å²) in [4.78, 5) is 11.4. The lowest BCUT2D eigenvalue weighted by molar-refractivity contribution is 0.0526. The molecular weight excluding hydrogens is 281 g/mol. The summed E-state index contributed by atoms with van der Waals surface area (Å²) in [6.07, 6.45) is 0. The maximum Gasteiger partial charge on any atom is 0.338 e. The number of hydrogen-bond acceptors (Lipinski definition) is 3. The van der Waals surface area contributed by atoms with Gasteiger partial charge in [0.05, 0.1) is 27.2 Å². The zero-order valence-corrected chi connectivity index (χ0v) is 10.2. The molecule has 15 heavy (non-hydrogen) atoms. The van der Waals surface area contributed by atoms with Gasteiger partial charge < -0.3 is 4.74 Å². The first-order valence-electron chi connectivity index (χ1n) is 4.16. The summed E-state index contributed by atoms with van der Waals surface area (Å²) in [6.45, 7) is 2.00. The molecule has 0 spiro atoms. The largest absolute Gasteiger partial charge is 0.462 e. The van der Waals surface area contributed by atoms with E-state index in [1.807, 2.05) is 6.07 Å². The summed E-state index contributed by atoms with van der Waals surface area (Å²) >= 11 is 8.99. The molecule has 3 nitrogen and oxygen atoms in total. The van der Waals surface area contributed by atoms with Gasteiger partial charge in [-0.3, -0.25) is 0 Å². The first kappa shape index (κ1) is 12.0. The Kier molecular flexibility index (Phi) is 4.13. The third-order valence-corrected chi connectivity index (χ3v) is 3.04. The fourth-order valence-electron chi connectivity index (χ4n) is 1.00. The lowest BCUT2D eigenvalue weighted by Crippen LogP contribution is -2.05. The van der Waals surface area contributed by atoms with Gasteiger partial charge in [0.15, 0.2) is 0 Å². The number of hydrogen-bond donors (Lipinski definition) is 0. The molecule has 0 aliphatic heterocycles. The molecule has 0 radical (unpaired) electrons. The van der Waals surface area contributed by atoms with Crippen molar-refractivity contribution in [2.24, 2.45) is 0 Å². The molecule has 0 aliphatic carbocycles. The van der Waals surface area contributed by atoms with E-state index in [1.54, 1.807) is 6.92 Å². The molecule has 0 aromatic heterocycles. The zero-order chi connectivity index (χ0) is 11.4. The predicted octanol–water partition coefficient (Wildman–Crippen LogP) is 3.15. The fourth-order valence-corrected chi connectivity index (χ4v) is 1.54. The Morgan fingerprint density at radius 3 is 2.87 bits per heavy atom. The molecule has 0 fully saturated rings. The number of nitrogens with zero attached hydrogens (tertiary/aromatic N) is 1. The second-order valence-electron chi connectivity index (χ2n) is 2.65. The molecule has 0 amide bonds. The number of ether oxygens (including phenoxy) is 1. The standard InChI is InChI=1S/C10H7BrClNO2/c1-2-15-10(14)6-3-7(5-13)9(11)8(12)4-6/h3-4H,2H2,1H3. The minimum atomic E-state index is -0.483. The first-order valence-corrected chi connectivity index (χ1v) is 5.33. The molecule has 0 heterocycles. The van der Waals surface area contributed by atoms with Gasteiger partial charge in [0, 0.05) is 0 Å². The smallest absolute Gasteiger partial charge is 0.338 e. The van der Waals surface area contributed by atoms with Crippen molar-refractivity contribution in [3.05, 3.63) is 32.8 Å². The molecule has 1 aromatic carbocycles. The summed E-state index contributed by atoms with van der Waals surface area (Å²) in [6, 6.07) is 4.84. The zero-order valence-electron chi connectivity index (χ0n) is 7.88. The van der Waals surface area contributed by atoms with Crippen LogP contribution in [0, 0.1) is 11.3 Å². The average Bonchev–Trinajstić information content (AvgIpc) is 2.22. The van der Waals surface area contributed by atoms with E-state index in [9.17, 15) is 4.79 Å². The number of nitriles is 1. The number of carbonyl (C=O) groups is 1. The van der Waals surface area contributed by atoms with E-state index >= 15 is 0 Å². The number of rotatable bonds is 2. The topological polar surface area (TPSA) is 50.1 Å². The minimum absolute atomic E-state index is 0.279. The molecule has 1 aromatic rings. The highest BCUT2D eigenvalue weighted by molar-refractivity contribution is 9.10. The van der Waals surface area contributed by atoms with Crippen molar-refractivity contribution in [2.45, 2.75) is 6.92 Å². The van der Waals surface area contributed by atoms with Crippen LogP contribution in [0.3, 0.4) is 0 Å². The first-order chi connectivity index (χ1) is 7.10. The summed E-state index contributed by atoms with van der Waals surface area (Å²) in [5.41, 5.74) is 0.590. The van der Waals surface area contributed by atoms with Gasteiger partial charge in [0.1, 0.15) is 6.07 Å². The minimum Gasteiger partial charge on any atom is -0.462 e. The highest BCUT2D eigenvalue weighted by Gasteiger charge is 2.12. The molecule has 0 N–H and O–H groups in total. The van der Waals surface area contributed by atoms with Gasteiger partial charge >= 0.3 is 5.97 Å². The van der Waals surface area contributed by atoms with E-state index < -0.39 is 5.97 Å². The van der Waals surface area contributed by atoms with Gasteiger partial charge in [-0.1, -0.05) is 11.6 Å². The SMILES string of the molecule is CCOC(=O)c1cc(Cl)c(Br)c(C#N)c1. The molecular formula is C10H7BrClNO2. The third-order valence-electron chi connectivity index (χ3n) is 1.66. The van der Waals surface area contributed by atoms with Gasteiger partial charge in [-0.25, -0.2) is 4.79 Å². The van der Waals surface area contributed by atoms with Crippen LogP contribution in [0.2, 0.25) is 5.02 Å². The number of carbonyl (C=O) groups excluding carboxylic acids is 1. The van der Waals surface area contributed by atoms with Crippen molar-refractivity contribution in [1.82, 2.24) is 0 Å². The molecule has 0 saturated heterocycles. The van der Waals surface area contributed by atoms with Gasteiger partial charge in [0.2, 0.25) is 0 Å². The quantitative estimate of drug-likeness (QED) is 0.786. The van der Waals surface area contributed by atoms with Crippen LogP contribution in [0.4, 0.5) is 0 Å². The molecule has 0 atom stereocenters. The Morgan fingerprint density at radius 1 is 1.67 bits per heavy atom. The summed E-state index contributed by atoms with van der Waals surface area (Å²) in [5, 5.41) is 9.11. The second kappa shape index (κ2) is 5.15. The fraction of sp³-hybridized carbons (Fsp3) is 0.200. The highest BCUT2D eigenvalue weighted by atomic mass is 79.9. The van der Waals surface area contributed by atoms with Crippen LogP contribution >= 0.6 is 27.5 Å². The number of benzene rings is 1. The van der Waals surface area contributed by atoms with Gasteiger partial charge in [0.25, 0.3) is 0 Å². The number of esters is 1. The summed E-state index contributed by atoms with van der Waals surface area (Å²) < 4.78 is 5.29. The monoisotopic (exact) mass is 287 g/mol. The van der Waals surface area contributed by atoms with E-state index in [-0.39, 0.29) is 12.2 Å². The van der Waals surface area contributed by atoms with Crippen LogP contribution < -0.4 is 0 Å². The van der Waals surface area contributed by atoms with E-state index in [1.165, 1.54) is 12.1 Å². The molecule has 0 unspecified atom stereocenters. The lowest BCUT2D eigenvalue weighted by atomic mass is 10.1. The van der Waals surface area contributed by atoms with Crippen LogP contribution in [-0.2, 0) is 4.74 Å². The Hall–Kier alpha value is -1.05. The average molecular weight is 289 g/mol. The number of halogens is 2. The van der Waals surface area contributed by atoms with E-state index in [4.69, 9.17) is 21.6 Å². The molecule has 0 bridgehead atoms. The maximum absolute atomic E-state index is 11.4. The Balaban J connectivity index is 3.18. The van der Waals surface area contributed by atoms with E-state index in [0.29, 0.717) is 15.1 Å². The maximum atomic E-state index is 11.4. The van der Waals surface area contributed by atoms with Gasteiger partial charge in [-0.15, -0.1) is 0 Å². The van der Waals surface area contributed by atoms with E-state index in [2.05, 4.69) is 15.9 Å². The van der Waals surface area contributed by atoms with E-state index in [0.717, 1.165) is 0 Å². The van der Waals surface area contributed by atoms with Gasteiger partial charge in [-0.05, 0) is 35.0 Å². The highest BCUT2D eigenvalue weighted by Crippen LogP contribution is 2.27. The molecule has 0 aliphatic rings. The summed E-state index contributed by atoms with van der Waals surface area (Å²) in [7, 11) is 0. The Labute approximate surface area is 101 Å². The Morgan fingerprint density at radius 2 is 2.33 bits per heavy atom. The van der Waals surface area contributed by atoms with Crippen molar-refractivity contribution in [3.8, 4) is 6.07 Å². The Bertz CT molecular complexity index is 440. The second-order valence-corrected chi connectivity index (χ2v) is 3.85. The molecule has 78 valence electrons. The van der Waals surface area contributed by atoms with Crippen molar-refractivity contribution in [3.63, 3.8) is 0 Å². The molecule has 5 heteroatoms. The molecule has 1 rings (SSSR count). The normalized spacial score (nSPS) is 9.47. The van der Waals surface area contributed by atoms with Crippen molar-refractivity contribution >= 4 is 33.5 Å². The predicted molar refractivity (Wildman–Crippen MR) is 59.8 cm³/mol. The van der Waals surface area contributed by atoms with Crippen LogP contribution in [0.5, 0.6) is 0 Å². The van der Waals surface area contributed by atoms with Crippen molar-refractivity contribution in [1.29, 1.82) is 5.26 Å². The summed E-state index contributed by atoms with van der Waals surface area (Å²) in [5.74, 6) is -0.483. The van der Waals surface area contributed by atoms with Crippen LogP contribution in [0.1, 0.15) is 22.8 Å². The van der Waals surface area contributed by atoms with Crippen LogP contribution in [-0.4, -0.2) is 12.6 Å². The lowest BCUT2D eigenvalue weighted by Gasteiger charge is -2.04. The van der Waals surface area contributed by atoms with Crippen LogP contribution in [0.25, 0.3) is 0 Å². The van der Waals surface area contributed by atoms with Crippen molar-refractivity contribution < 1.29 is 9.53 Å². The van der Waals surface area contributed by atoms with Crippen molar-refractivity contribution in [2.75, 3.05) is 6.61 Å². The van der Waals surface area contributed by atoms with Crippen LogP contribution in [0.15, 0.2) is 16.6 Å². The van der Waals surface area contributed by atoms with Gasteiger partial charge in [-0.2, -0.15) is 5.26 Å².